The van der Waals surface area contributed by atoms with Crippen LogP contribution in [-0.4, -0.2) is 4.57 Å². The fraction of sp³-hybridized carbons (Fsp3) is 0.0952. The van der Waals surface area contributed by atoms with Gasteiger partial charge in [0.25, 0.3) is 0 Å². The quantitative estimate of drug-likeness (QED) is 0.301. The van der Waals surface area contributed by atoms with Crippen molar-refractivity contribution in [3.63, 3.8) is 0 Å². The predicted molar refractivity (Wildman–Crippen MR) is 98.7 cm³/mol. The molecule has 116 valence electrons. The van der Waals surface area contributed by atoms with E-state index in [-0.39, 0.29) is 5.43 Å². The van der Waals surface area contributed by atoms with Crippen molar-refractivity contribution in [1.82, 2.24) is 4.57 Å². The highest BCUT2D eigenvalue weighted by Gasteiger charge is 2.17. The summed E-state index contributed by atoms with van der Waals surface area (Å²) in [5.41, 5.74) is 3.45. The van der Waals surface area contributed by atoms with Gasteiger partial charge in [-0.3, -0.25) is 4.79 Å². The monoisotopic (exact) mass is 313 g/mol. The summed E-state index contributed by atoms with van der Waals surface area (Å²) < 4.78 is 8.20. The molecule has 0 aliphatic carbocycles. The Kier molecular flexibility index (Phi) is 2.50. The molecule has 0 radical (unpaired) electrons. The summed E-state index contributed by atoms with van der Waals surface area (Å²) in [7, 11) is 1.97. The molecule has 0 spiro atoms. The number of nitrogens with zero attached hydrogens (tertiary/aromatic N) is 1. The minimum atomic E-state index is 0.0288. The standard InChI is InChI=1S/C21H15NO2/c1-12-7-8-14-16(11-12)13-9-10-22(2)19(13)18-20(23)15-5-3-4-6-17(15)24-21(14)18/h3-11H,1-2H3. The van der Waals surface area contributed by atoms with Gasteiger partial charge in [0.05, 0.1) is 16.3 Å². The van der Waals surface area contributed by atoms with Gasteiger partial charge in [-0.05, 0) is 30.5 Å². The van der Waals surface area contributed by atoms with Crippen LogP contribution in [-0.2, 0) is 7.05 Å². The van der Waals surface area contributed by atoms with Crippen LogP contribution in [0, 0.1) is 6.92 Å². The lowest BCUT2D eigenvalue weighted by atomic mass is 9.99. The number of para-hydroxylation sites is 1. The molecular weight excluding hydrogens is 298 g/mol. The zero-order valence-electron chi connectivity index (χ0n) is 13.5. The lowest BCUT2D eigenvalue weighted by Gasteiger charge is -2.09. The molecule has 0 atom stereocenters. The van der Waals surface area contributed by atoms with Gasteiger partial charge in [-0.1, -0.05) is 35.9 Å². The third-order valence-electron chi connectivity index (χ3n) is 4.82. The minimum absolute atomic E-state index is 0.0288. The Balaban J connectivity index is 2.24. The van der Waals surface area contributed by atoms with Gasteiger partial charge in [0.15, 0.2) is 0 Å². The molecule has 5 rings (SSSR count). The lowest BCUT2D eigenvalue weighted by Crippen LogP contribution is -2.04. The Labute approximate surface area is 137 Å². The van der Waals surface area contributed by atoms with Crippen LogP contribution in [0.4, 0.5) is 0 Å². The Morgan fingerprint density at radius 3 is 2.62 bits per heavy atom. The fourth-order valence-corrected chi connectivity index (χ4v) is 3.68. The summed E-state index contributed by atoms with van der Waals surface area (Å²) in [5, 5.41) is 4.48. The zero-order valence-corrected chi connectivity index (χ0v) is 13.5. The molecule has 3 aromatic carbocycles. The maximum Gasteiger partial charge on any atom is 0.202 e. The first-order chi connectivity index (χ1) is 11.6. The summed E-state index contributed by atoms with van der Waals surface area (Å²) in [6.07, 6.45) is 2.00. The highest BCUT2D eigenvalue weighted by Crippen LogP contribution is 2.35. The lowest BCUT2D eigenvalue weighted by molar-refractivity contribution is 0.664. The molecule has 0 unspecified atom stereocenters. The van der Waals surface area contributed by atoms with Crippen LogP contribution in [0.5, 0.6) is 0 Å². The zero-order chi connectivity index (χ0) is 16.4. The van der Waals surface area contributed by atoms with E-state index < -0.39 is 0 Å². The summed E-state index contributed by atoms with van der Waals surface area (Å²) in [6, 6.07) is 15.8. The Morgan fingerprint density at radius 1 is 0.917 bits per heavy atom. The molecule has 2 aromatic heterocycles. The SMILES string of the molecule is Cc1ccc2c(c1)c1ccn(C)c1c1c(=O)c3ccccc3oc21. The van der Waals surface area contributed by atoms with Crippen LogP contribution in [0.1, 0.15) is 5.56 Å². The number of aryl methyl sites for hydroxylation is 2. The van der Waals surface area contributed by atoms with Crippen LogP contribution in [0.2, 0.25) is 0 Å². The van der Waals surface area contributed by atoms with E-state index in [0.29, 0.717) is 21.9 Å². The maximum atomic E-state index is 13.2. The molecule has 0 bridgehead atoms. The summed E-state index contributed by atoms with van der Waals surface area (Å²) in [5.74, 6) is 0. The number of rotatable bonds is 0. The third-order valence-corrected chi connectivity index (χ3v) is 4.82. The summed E-state index contributed by atoms with van der Waals surface area (Å²) >= 11 is 0. The number of benzene rings is 3. The molecule has 0 aliphatic rings. The summed E-state index contributed by atoms with van der Waals surface area (Å²) in [4.78, 5) is 13.2. The smallest absolute Gasteiger partial charge is 0.202 e. The van der Waals surface area contributed by atoms with Gasteiger partial charge < -0.3 is 8.98 Å². The molecular formula is C21H15NO2. The van der Waals surface area contributed by atoms with Gasteiger partial charge in [0.1, 0.15) is 11.2 Å². The van der Waals surface area contributed by atoms with E-state index in [2.05, 4.69) is 31.2 Å². The van der Waals surface area contributed by atoms with E-state index in [4.69, 9.17) is 4.42 Å². The molecule has 0 saturated heterocycles. The number of hydrogen-bond acceptors (Lipinski definition) is 2. The third kappa shape index (κ3) is 1.59. The maximum absolute atomic E-state index is 13.2. The molecule has 0 saturated carbocycles. The minimum Gasteiger partial charge on any atom is -0.455 e. The van der Waals surface area contributed by atoms with E-state index in [0.717, 1.165) is 21.7 Å². The van der Waals surface area contributed by atoms with E-state index in [1.165, 1.54) is 5.56 Å². The second kappa shape index (κ2) is 4.48. The van der Waals surface area contributed by atoms with Crippen molar-refractivity contribution in [2.75, 3.05) is 0 Å². The Bertz CT molecular complexity index is 1340. The molecule has 2 heterocycles. The van der Waals surface area contributed by atoms with Gasteiger partial charge in [0.2, 0.25) is 5.43 Å². The van der Waals surface area contributed by atoms with Gasteiger partial charge in [-0.15, -0.1) is 0 Å². The molecule has 0 fully saturated rings. The van der Waals surface area contributed by atoms with E-state index in [1.54, 1.807) is 0 Å². The van der Waals surface area contributed by atoms with Crippen molar-refractivity contribution >= 4 is 43.6 Å². The molecule has 0 amide bonds. The Hall–Kier alpha value is -3.07. The van der Waals surface area contributed by atoms with E-state index in [9.17, 15) is 4.79 Å². The number of fused-ring (bicyclic) bond motifs is 7. The van der Waals surface area contributed by atoms with Gasteiger partial charge >= 0.3 is 0 Å². The van der Waals surface area contributed by atoms with Crippen molar-refractivity contribution in [3.05, 3.63) is 70.5 Å². The first-order valence-electron chi connectivity index (χ1n) is 7.98. The van der Waals surface area contributed by atoms with Crippen LogP contribution in [0.25, 0.3) is 43.6 Å². The van der Waals surface area contributed by atoms with Crippen molar-refractivity contribution in [2.24, 2.45) is 7.05 Å². The van der Waals surface area contributed by atoms with Gasteiger partial charge in [0, 0.05) is 24.0 Å². The Morgan fingerprint density at radius 2 is 1.75 bits per heavy atom. The van der Waals surface area contributed by atoms with Gasteiger partial charge in [-0.25, -0.2) is 0 Å². The first kappa shape index (κ1) is 13.4. The van der Waals surface area contributed by atoms with Crippen LogP contribution in [0.3, 0.4) is 0 Å². The van der Waals surface area contributed by atoms with E-state index >= 15 is 0 Å². The van der Waals surface area contributed by atoms with E-state index in [1.807, 2.05) is 42.1 Å². The average molecular weight is 313 g/mol. The number of aromatic nitrogens is 1. The van der Waals surface area contributed by atoms with Gasteiger partial charge in [-0.2, -0.15) is 0 Å². The van der Waals surface area contributed by atoms with Crippen molar-refractivity contribution in [3.8, 4) is 0 Å². The van der Waals surface area contributed by atoms with Crippen LogP contribution >= 0.6 is 0 Å². The molecule has 24 heavy (non-hydrogen) atoms. The number of hydrogen-bond donors (Lipinski definition) is 0. The largest absolute Gasteiger partial charge is 0.455 e. The topological polar surface area (TPSA) is 35.1 Å². The molecule has 3 nitrogen and oxygen atoms in total. The van der Waals surface area contributed by atoms with Crippen LogP contribution < -0.4 is 5.43 Å². The normalized spacial score (nSPS) is 11.9. The van der Waals surface area contributed by atoms with Crippen molar-refractivity contribution in [2.45, 2.75) is 6.92 Å². The first-order valence-corrected chi connectivity index (χ1v) is 7.98. The summed E-state index contributed by atoms with van der Waals surface area (Å²) in [6.45, 7) is 2.08. The van der Waals surface area contributed by atoms with Crippen molar-refractivity contribution in [1.29, 1.82) is 0 Å². The fourth-order valence-electron chi connectivity index (χ4n) is 3.68. The highest BCUT2D eigenvalue weighted by molar-refractivity contribution is 6.23. The molecule has 5 aromatic rings. The van der Waals surface area contributed by atoms with Crippen molar-refractivity contribution < 1.29 is 4.42 Å². The second-order valence-electron chi connectivity index (χ2n) is 6.37. The molecule has 0 aliphatic heterocycles. The van der Waals surface area contributed by atoms with Crippen LogP contribution in [0.15, 0.2) is 63.9 Å². The predicted octanol–water partition coefficient (Wildman–Crippen LogP) is 4.90. The second-order valence-corrected chi connectivity index (χ2v) is 6.37. The highest BCUT2D eigenvalue weighted by atomic mass is 16.3. The average Bonchev–Trinajstić information content (AvgIpc) is 2.97. The molecule has 3 heteroatoms. The molecule has 0 N–H and O–H groups in total.